The first kappa shape index (κ1) is 23.1. The Balaban J connectivity index is 1.58. The fourth-order valence-corrected chi connectivity index (χ4v) is 3.77. The average Bonchev–Trinajstić information content (AvgIpc) is 3.64. The lowest BCUT2D eigenvalue weighted by molar-refractivity contribution is 0.0684. The quantitative estimate of drug-likeness (QED) is 0.257. The number of carbonyl (C=O) groups is 1. The van der Waals surface area contributed by atoms with Gasteiger partial charge in [0.1, 0.15) is 11.6 Å². The minimum Gasteiger partial charge on any atom is -0.467 e. The van der Waals surface area contributed by atoms with Crippen LogP contribution in [0.3, 0.4) is 0 Å². The van der Waals surface area contributed by atoms with Crippen molar-refractivity contribution in [3.05, 3.63) is 120 Å². The van der Waals surface area contributed by atoms with Crippen LogP contribution < -0.4 is 4.74 Å². The Hall–Kier alpha value is -4.66. The summed E-state index contributed by atoms with van der Waals surface area (Å²) in [6.45, 7) is 1.97. The molecule has 182 valence electrons. The van der Waals surface area contributed by atoms with Gasteiger partial charge in [0.25, 0.3) is 5.91 Å². The predicted molar refractivity (Wildman–Crippen MR) is 126 cm³/mol. The number of aryl methyl sites for hydroxylation is 1. The Morgan fingerprint density at radius 2 is 1.75 bits per heavy atom. The fourth-order valence-electron chi connectivity index (χ4n) is 3.77. The third-order valence-corrected chi connectivity index (χ3v) is 5.53. The molecule has 3 aromatic heterocycles. The maximum absolute atomic E-state index is 14.6. The molecule has 0 N–H and O–H groups in total. The Kier molecular flexibility index (Phi) is 6.36. The van der Waals surface area contributed by atoms with E-state index in [-0.39, 0.29) is 36.4 Å². The third-order valence-electron chi connectivity index (χ3n) is 5.53. The summed E-state index contributed by atoms with van der Waals surface area (Å²) in [5.74, 6) is -1.22. The largest absolute Gasteiger partial charge is 0.467 e. The molecule has 0 atom stereocenters. The van der Waals surface area contributed by atoms with E-state index < -0.39 is 11.6 Å². The first-order valence-electron chi connectivity index (χ1n) is 11.1. The van der Waals surface area contributed by atoms with Crippen LogP contribution >= 0.6 is 0 Å². The number of nitrogens with zero attached hydrogens (tertiary/aromatic N) is 3. The third kappa shape index (κ3) is 4.76. The van der Waals surface area contributed by atoms with Gasteiger partial charge >= 0.3 is 0 Å². The molecule has 0 bridgehead atoms. The number of hydrogen-bond acceptors (Lipinski definition) is 5. The molecule has 7 nitrogen and oxygen atoms in total. The van der Waals surface area contributed by atoms with Gasteiger partial charge in [-0.1, -0.05) is 18.2 Å². The van der Waals surface area contributed by atoms with Gasteiger partial charge in [-0.05, 0) is 55.5 Å². The van der Waals surface area contributed by atoms with E-state index >= 15 is 0 Å². The molecule has 0 aliphatic rings. The van der Waals surface area contributed by atoms with Gasteiger partial charge in [-0.3, -0.25) is 4.79 Å². The number of ether oxygens (including phenoxy) is 1. The minimum atomic E-state index is -0.862. The molecule has 0 saturated heterocycles. The van der Waals surface area contributed by atoms with E-state index in [0.29, 0.717) is 22.7 Å². The van der Waals surface area contributed by atoms with Crippen molar-refractivity contribution in [1.82, 2.24) is 14.7 Å². The van der Waals surface area contributed by atoms with Crippen LogP contribution in [0.2, 0.25) is 0 Å². The van der Waals surface area contributed by atoms with Crippen molar-refractivity contribution in [1.29, 1.82) is 0 Å². The lowest BCUT2D eigenvalue weighted by Gasteiger charge is -2.21. The topological polar surface area (TPSA) is 73.6 Å². The zero-order valence-corrected chi connectivity index (χ0v) is 19.2. The Labute approximate surface area is 205 Å². The van der Waals surface area contributed by atoms with Crippen molar-refractivity contribution in [2.75, 3.05) is 0 Å². The molecule has 0 fully saturated rings. The monoisotopic (exact) mass is 489 g/mol. The van der Waals surface area contributed by atoms with E-state index in [0.717, 1.165) is 12.1 Å². The van der Waals surface area contributed by atoms with Crippen LogP contribution in [0.15, 0.2) is 94.2 Å². The zero-order chi connectivity index (χ0) is 25.1. The summed E-state index contributed by atoms with van der Waals surface area (Å²) < 4.78 is 46.4. The van der Waals surface area contributed by atoms with E-state index in [4.69, 9.17) is 13.6 Å². The summed E-state index contributed by atoms with van der Waals surface area (Å²) in [7, 11) is 0. The Bertz CT molecular complexity index is 1460. The summed E-state index contributed by atoms with van der Waals surface area (Å²) >= 11 is 0. The van der Waals surface area contributed by atoms with Gasteiger partial charge in [0.2, 0.25) is 5.88 Å². The molecule has 3 heterocycles. The molecule has 0 aliphatic heterocycles. The van der Waals surface area contributed by atoms with Gasteiger partial charge in [0.05, 0.1) is 42.6 Å². The smallest absolute Gasteiger partial charge is 0.290 e. The second-order valence-electron chi connectivity index (χ2n) is 8.01. The molecule has 0 radical (unpaired) electrons. The van der Waals surface area contributed by atoms with Crippen molar-refractivity contribution in [3.63, 3.8) is 0 Å². The Morgan fingerprint density at radius 1 is 0.972 bits per heavy atom. The van der Waals surface area contributed by atoms with Gasteiger partial charge in [-0.25, -0.2) is 13.5 Å². The highest BCUT2D eigenvalue weighted by molar-refractivity contribution is 5.91. The second-order valence-corrected chi connectivity index (χ2v) is 8.01. The maximum Gasteiger partial charge on any atom is 0.290 e. The zero-order valence-electron chi connectivity index (χ0n) is 19.2. The molecule has 5 rings (SSSR count). The molecule has 2 aromatic carbocycles. The van der Waals surface area contributed by atoms with Crippen LogP contribution in [-0.2, 0) is 13.1 Å². The number of carbonyl (C=O) groups excluding carboxylic acids is 1. The van der Waals surface area contributed by atoms with Crippen LogP contribution in [-0.4, -0.2) is 20.6 Å². The van der Waals surface area contributed by atoms with Crippen molar-refractivity contribution < 1.29 is 27.1 Å². The molecular weight excluding hydrogens is 468 g/mol. The van der Waals surface area contributed by atoms with E-state index in [1.807, 2.05) is 30.3 Å². The summed E-state index contributed by atoms with van der Waals surface area (Å²) in [5.41, 5.74) is 1.77. The normalized spacial score (nSPS) is 11.0. The molecule has 1 amide bonds. The molecule has 36 heavy (non-hydrogen) atoms. The summed E-state index contributed by atoms with van der Waals surface area (Å²) in [4.78, 5) is 14.8. The minimum absolute atomic E-state index is 0.0526. The standard InChI is InChI=1S/C27H21F2N3O4/c1-18-22(17-31(16-21-9-5-13-34-21)26(33)25-10-6-14-35-25)27(32(30-18)20-7-3-2-4-8-20)36-24-12-11-19(28)15-23(24)29/h2-15H,16-17H2,1H3. The van der Waals surface area contributed by atoms with Crippen molar-refractivity contribution >= 4 is 5.91 Å². The lowest BCUT2D eigenvalue weighted by atomic mass is 10.2. The summed E-state index contributed by atoms with van der Waals surface area (Å²) in [6.07, 6.45) is 2.94. The number of aromatic nitrogens is 2. The van der Waals surface area contributed by atoms with E-state index in [1.165, 1.54) is 28.2 Å². The van der Waals surface area contributed by atoms with Crippen molar-refractivity contribution in [2.45, 2.75) is 20.0 Å². The number of benzene rings is 2. The summed E-state index contributed by atoms with van der Waals surface area (Å²) in [6, 6.07) is 18.9. The van der Waals surface area contributed by atoms with Crippen LogP contribution in [0.1, 0.15) is 27.6 Å². The van der Waals surface area contributed by atoms with Gasteiger partial charge in [0.15, 0.2) is 17.3 Å². The van der Waals surface area contributed by atoms with E-state index in [9.17, 15) is 13.6 Å². The van der Waals surface area contributed by atoms with Gasteiger partial charge in [-0.15, -0.1) is 0 Å². The lowest BCUT2D eigenvalue weighted by Crippen LogP contribution is -2.30. The van der Waals surface area contributed by atoms with Crippen LogP contribution in [0.5, 0.6) is 11.6 Å². The molecule has 0 aliphatic carbocycles. The van der Waals surface area contributed by atoms with Gasteiger partial charge < -0.3 is 18.5 Å². The molecule has 0 saturated carbocycles. The van der Waals surface area contributed by atoms with Gasteiger partial charge in [0, 0.05) is 6.07 Å². The molecule has 0 unspecified atom stereocenters. The highest BCUT2D eigenvalue weighted by Gasteiger charge is 2.26. The second kappa shape index (κ2) is 9.91. The Morgan fingerprint density at radius 3 is 2.44 bits per heavy atom. The molecular formula is C27H21F2N3O4. The van der Waals surface area contributed by atoms with Crippen LogP contribution in [0, 0.1) is 18.6 Å². The number of halogens is 2. The highest BCUT2D eigenvalue weighted by Crippen LogP contribution is 2.33. The van der Waals surface area contributed by atoms with Crippen LogP contribution in [0.4, 0.5) is 8.78 Å². The fraction of sp³-hybridized carbons (Fsp3) is 0.111. The van der Waals surface area contributed by atoms with Crippen LogP contribution in [0.25, 0.3) is 5.69 Å². The predicted octanol–water partition coefficient (Wildman–Crippen LogP) is 6.28. The van der Waals surface area contributed by atoms with Crippen molar-refractivity contribution in [3.8, 4) is 17.3 Å². The van der Waals surface area contributed by atoms with E-state index in [2.05, 4.69) is 5.10 Å². The number of amides is 1. The number of para-hydroxylation sites is 1. The average molecular weight is 489 g/mol. The highest BCUT2D eigenvalue weighted by atomic mass is 19.1. The summed E-state index contributed by atoms with van der Waals surface area (Å²) in [5, 5.41) is 4.61. The number of rotatable bonds is 8. The molecule has 0 spiro atoms. The first-order valence-corrected chi connectivity index (χ1v) is 11.1. The molecule has 9 heteroatoms. The van der Waals surface area contributed by atoms with E-state index in [1.54, 1.807) is 31.2 Å². The SMILES string of the molecule is Cc1nn(-c2ccccc2)c(Oc2ccc(F)cc2F)c1CN(Cc1ccco1)C(=O)c1ccco1. The number of hydrogen-bond donors (Lipinski definition) is 0. The number of furan rings is 2. The molecule has 5 aromatic rings. The van der Waals surface area contributed by atoms with Crippen molar-refractivity contribution in [2.24, 2.45) is 0 Å². The van der Waals surface area contributed by atoms with Gasteiger partial charge in [-0.2, -0.15) is 5.10 Å². The first-order chi connectivity index (χ1) is 17.5. The maximum atomic E-state index is 14.6.